The third-order valence-corrected chi connectivity index (χ3v) is 2.38. The highest BCUT2D eigenvalue weighted by Gasteiger charge is 2.18. The fourth-order valence-electron chi connectivity index (χ4n) is 1.56. The number of nitrogens with two attached hydrogens (primary N) is 1. The van der Waals surface area contributed by atoms with E-state index in [1.165, 1.54) is 4.68 Å². The van der Waals surface area contributed by atoms with Gasteiger partial charge in [-0.3, -0.25) is 14.6 Å². The molecular weight excluding hydrogens is 220 g/mol. The van der Waals surface area contributed by atoms with Gasteiger partial charge < -0.3 is 10.6 Å². The lowest BCUT2D eigenvalue weighted by molar-refractivity contribution is 0.0779. The number of nitrogens with zero attached hydrogens (tertiary/aromatic N) is 4. The van der Waals surface area contributed by atoms with Gasteiger partial charge in [-0.2, -0.15) is 10.2 Å². The SMILES string of the molecule is CN(Cc1cn[nH]c1)C(=O)c1nn(C)cc1N. The van der Waals surface area contributed by atoms with Gasteiger partial charge in [-0.15, -0.1) is 0 Å². The maximum Gasteiger partial charge on any atom is 0.276 e. The summed E-state index contributed by atoms with van der Waals surface area (Å²) >= 11 is 0. The molecule has 0 aromatic carbocycles. The molecule has 1 amide bonds. The molecule has 2 aromatic heterocycles. The standard InChI is InChI=1S/C10H14N6O/c1-15(5-7-3-12-13-4-7)10(17)9-8(11)6-16(2)14-9/h3-4,6H,5,11H2,1-2H3,(H,12,13). The Hall–Kier alpha value is -2.31. The number of hydrogen-bond acceptors (Lipinski definition) is 4. The summed E-state index contributed by atoms with van der Waals surface area (Å²) in [5, 5.41) is 10.6. The van der Waals surface area contributed by atoms with Crippen molar-refractivity contribution in [2.75, 3.05) is 12.8 Å². The molecule has 0 radical (unpaired) electrons. The lowest BCUT2D eigenvalue weighted by atomic mass is 10.3. The number of carbonyl (C=O) groups is 1. The van der Waals surface area contributed by atoms with Gasteiger partial charge in [0.2, 0.25) is 0 Å². The van der Waals surface area contributed by atoms with Crippen molar-refractivity contribution in [2.45, 2.75) is 6.54 Å². The second-order valence-corrected chi connectivity index (χ2v) is 3.87. The minimum absolute atomic E-state index is 0.204. The molecule has 7 heteroatoms. The van der Waals surface area contributed by atoms with Gasteiger partial charge >= 0.3 is 0 Å². The van der Waals surface area contributed by atoms with Crippen molar-refractivity contribution in [2.24, 2.45) is 7.05 Å². The predicted molar refractivity (Wildman–Crippen MR) is 62.0 cm³/mol. The molecule has 0 bridgehead atoms. The number of H-pyrrole nitrogens is 1. The van der Waals surface area contributed by atoms with Crippen LogP contribution in [0, 0.1) is 0 Å². The van der Waals surface area contributed by atoms with Crippen LogP contribution in [0.5, 0.6) is 0 Å². The molecule has 2 aromatic rings. The molecular formula is C10H14N6O. The van der Waals surface area contributed by atoms with Crippen molar-refractivity contribution in [3.63, 3.8) is 0 Å². The summed E-state index contributed by atoms with van der Waals surface area (Å²) in [6.45, 7) is 0.464. The zero-order valence-corrected chi connectivity index (χ0v) is 9.71. The topological polar surface area (TPSA) is 92.8 Å². The zero-order chi connectivity index (χ0) is 12.4. The zero-order valence-electron chi connectivity index (χ0n) is 9.71. The van der Waals surface area contributed by atoms with Crippen LogP contribution >= 0.6 is 0 Å². The first kappa shape index (κ1) is 11.2. The van der Waals surface area contributed by atoms with Crippen LogP contribution < -0.4 is 5.73 Å². The first-order valence-corrected chi connectivity index (χ1v) is 5.10. The highest BCUT2D eigenvalue weighted by molar-refractivity contribution is 5.96. The van der Waals surface area contributed by atoms with Crippen molar-refractivity contribution in [3.05, 3.63) is 29.8 Å². The summed E-state index contributed by atoms with van der Waals surface area (Å²) in [6.07, 6.45) is 5.02. The van der Waals surface area contributed by atoms with Crippen molar-refractivity contribution < 1.29 is 4.79 Å². The average Bonchev–Trinajstić information content (AvgIpc) is 2.87. The molecule has 0 aliphatic carbocycles. The summed E-state index contributed by atoms with van der Waals surface area (Å²) in [5.74, 6) is -0.204. The molecule has 7 nitrogen and oxygen atoms in total. The van der Waals surface area contributed by atoms with E-state index in [0.29, 0.717) is 12.2 Å². The van der Waals surface area contributed by atoms with E-state index in [2.05, 4.69) is 15.3 Å². The Morgan fingerprint density at radius 1 is 1.65 bits per heavy atom. The number of rotatable bonds is 3. The minimum atomic E-state index is -0.204. The van der Waals surface area contributed by atoms with Crippen molar-refractivity contribution in [3.8, 4) is 0 Å². The van der Waals surface area contributed by atoms with Gasteiger partial charge in [0.25, 0.3) is 5.91 Å². The number of carbonyl (C=O) groups excluding carboxylic acids is 1. The van der Waals surface area contributed by atoms with Crippen LogP contribution in [0.1, 0.15) is 16.1 Å². The fraction of sp³-hybridized carbons (Fsp3) is 0.300. The summed E-state index contributed by atoms with van der Waals surface area (Å²) < 4.78 is 1.52. The second-order valence-electron chi connectivity index (χ2n) is 3.87. The molecule has 2 rings (SSSR count). The Balaban J connectivity index is 2.12. The largest absolute Gasteiger partial charge is 0.396 e. The Morgan fingerprint density at radius 2 is 2.41 bits per heavy atom. The lowest BCUT2D eigenvalue weighted by Crippen LogP contribution is -2.27. The minimum Gasteiger partial charge on any atom is -0.396 e. The van der Waals surface area contributed by atoms with Gasteiger partial charge in [-0.05, 0) is 0 Å². The van der Waals surface area contributed by atoms with E-state index in [0.717, 1.165) is 5.56 Å². The molecule has 0 unspecified atom stereocenters. The summed E-state index contributed by atoms with van der Waals surface area (Å²) in [6, 6.07) is 0. The van der Waals surface area contributed by atoms with Crippen molar-refractivity contribution in [1.29, 1.82) is 0 Å². The van der Waals surface area contributed by atoms with Crippen molar-refractivity contribution in [1.82, 2.24) is 24.9 Å². The van der Waals surface area contributed by atoms with E-state index < -0.39 is 0 Å². The number of nitrogens with one attached hydrogen (secondary N) is 1. The van der Waals surface area contributed by atoms with Gasteiger partial charge in [-0.25, -0.2) is 0 Å². The summed E-state index contributed by atoms with van der Waals surface area (Å²) in [5.41, 5.74) is 7.29. The smallest absolute Gasteiger partial charge is 0.276 e. The maximum absolute atomic E-state index is 12.0. The number of nitrogen functional groups attached to an aromatic ring is 1. The maximum atomic E-state index is 12.0. The van der Waals surface area contributed by atoms with E-state index in [1.54, 1.807) is 37.6 Å². The molecule has 0 spiro atoms. The number of hydrogen-bond donors (Lipinski definition) is 2. The Bertz CT molecular complexity index is 515. The first-order chi connectivity index (χ1) is 8.08. The summed E-state index contributed by atoms with van der Waals surface area (Å²) in [7, 11) is 3.42. The van der Waals surface area contributed by atoms with Crippen LogP contribution in [0.2, 0.25) is 0 Å². The highest BCUT2D eigenvalue weighted by atomic mass is 16.2. The van der Waals surface area contributed by atoms with Crippen LogP contribution in [-0.2, 0) is 13.6 Å². The van der Waals surface area contributed by atoms with Gasteiger partial charge in [0.1, 0.15) is 0 Å². The molecule has 0 aliphatic heterocycles. The summed E-state index contributed by atoms with van der Waals surface area (Å²) in [4.78, 5) is 13.6. The molecule has 3 N–H and O–H groups in total. The Labute approximate surface area is 98.2 Å². The normalized spacial score (nSPS) is 10.5. The number of amides is 1. The molecule has 17 heavy (non-hydrogen) atoms. The Kier molecular flexibility index (Phi) is 2.82. The Morgan fingerprint density at radius 3 is 2.94 bits per heavy atom. The van der Waals surface area contributed by atoms with Gasteiger partial charge in [0.05, 0.1) is 11.9 Å². The molecule has 0 saturated heterocycles. The van der Waals surface area contributed by atoms with E-state index in [4.69, 9.17) is 5.73 Å². The van der Waals surface area contributed by atoms with Crippen LogP contribution in [0.3, 0.4) is 0 Å². The monoisotopic (exact) mass is 234 g/mol. The van der Waals surface area contributed by atoms with Gasteiger partial charge in [-0.1, -0.05) is 0 Å². The van der Waals surface area contributed by atoms with Crippen LogP contribution in [0.25, 0.3) is 0 Å². The fourth-order valence-corrected chi connectivity index (χ4v) is 1.56. The predicted octanol–water partition coefficient (Wildman–Crippen LogP) is -0.00240. The molecule has 0 saturated carbocycles. The number of aryl methyl sites for hydroxylation is 1. The molecule has 0 atom stereocenters. The number of aromatic amines is 1. The van der Waals surface area contributed by atoms with Crippen LogP contribution in [0.15, 0.2) is 18.6 Å². The van der Waals surface area contributed by atoms with Gasteiger partial charge in [0, 0.05) is 38.6 Å². The van der Waals surface area contributed by atoms with E-state index in [-0.39, 0.29) is 11.6 Å². The number of anilines is 1. The molecule has 90 valence electrons. The van der Waals surface area contributed by atoms with Crippen LogP contribution in [-0.4, -0.2) is 37.8 Å². The van der Waals surface area contributed by atoms with E-state index >= 15 is 0 Å². The third-order valence-electron chi connectivity index (χ3n) is 2.38. The number of aromatic nitrogens is 4. The van der Waals surface area contributed by atoms with E-state index in [1.807, 2.05) is 0 Å². The quantitative estimate of drug-likeness (QED) is 0.781. The molecule has 2 heterocycles. The first-order valence-electron chi connectivity index (χ1n) is 5.10. The van der Waals surface area contributed by atoms with E-state index in [9.17, 15) is 4.79 Å². The van der Waals surface area contributed by atoms with Gasteiger partial charge in [0.15, 0.2) is 5.69 Å². The van der Waals surface area contributed by atoms with Crippen molar-refractivity contribution >= 4 is 11.6 Å². The highest BCUT2D eigenvalue weighted by Crippen LogP contribution is 2.12. The third kappa shape index (κ3) is 2.27. The molecule has 0 fully saturated rings. The lowest BCUT2D eigenvalue weighted by Gasteiger charge is -2.14. The van der Waals surface area contributed by atoms with Crippen LogP contribution in [0.4, 0.5) is 5.69 Å². The molecule has 0 aliphatic rings. The average molecular weight is 234 g/mol. The second kappa shape index (κ2) is 4.28.